The SMILES string of the molecule is CC(NCC(O)CO)c1nccs1. The highest BCUT2D eigenvalue weighted by Gasteiger charge is 2.09. The lowest BCUT2D eigenvalue weighted by molar-refractivity contribution is 0.0924. The van der Waals surface area contributed by atoms with Crippen molar-refractivity contribution < 1.29 is 10.2 Å². The fraction of sp³-hybridized carbons (Fsp3) is 0.625. The molecule has 1 aromatic rings. The van der Waals surface area contributed by atoms with Gasteiger partial charge in [-0.25, -0.2) is 4.98 Å². The standard InChI is InChI=1S/C8H14N2O2S/c1-6(8-9-2-3-13-8)10-4-7(12)5-11/h2-3,6-7,10-12H,4-5H2,1H3. The van der Waals surface area contributed by atoms with Gasteiger partial charge in [-0.2, -0.15) is 0 Å². The molecular weight excluding hydrogens is 188 g/mol. The second-order valence-corrected chi connectivity index (χ2v) is 3.76. The van der Waals surface area contributed by atoms with Gasteiger partial charge in [-0.3, -0.25) is 0 Å². The Labute approximate surface area is 81.3 Å². The van der Waals surface area contributed by atoms with Crippen LogP contribution < -0.4 is 5.32 Å². The molecule has 0 amide bonds. The van der Waals surface area contributed by atoms with E-state index >= 15 is 0 Å². The average molecular weight is 202 g/mol. The molecule has 74 valence electrons. The average Bonchev–Trinajstić information content (AvgIpc) is 2.66. The van der Waals surface area contributed by atoms with Crippen LogP contribution in [0.1, 0.15) is 18.0 Å². The molecule has 13 heavy (non-hydrogen) atoms. The Hall–Kier alpha value is -0.490. The third kappa shape index (κ3) is 3.40. The first-order chi connectivity index (χ1) is 6.24. The van der Waals surface area contributed by atoms with Crippen molar-refractivity contribution in [2.45, 2.75) is 19.1 Å². The molecular formula is C8H14N2O2S. The number of rotatable bonds is 5. The molecule has 0 aliphatic rings. The number of thiazole rings is 1. The van der Waals surface area contributed by atoms with Crippen LogP contribution in [0.4, 0.5) is 0 Å². The number of aliphatic hydroxyl groups excluding tert-OH is 2. The van der Waals surface area contributed by atoms with E-state index in [9.17, 15) is 0 Å². The topological polar surface area (TPSA) is 65.4 Å². The Morgan fingerprint density at radius 3 is 3.00 bits per heavy atom. The Bertz CT molecular complexity index is 228. The van der Waals surface area contributed by atoms with E-state index in [2.05, 4.69) is 10.3 Å². The summed E-state index contributed by atoms with van der Waals surface area (Å²) < 4.78 is 0. The molecule has 2 unspecified atom stereocenters. The minimum Gasteiger partial charge on any atom is -0.394 e. The molecule has 0 saturated carbocycles. The van der Waals surface area contributed by atoms with E-state index < -0.39 is 6.10 Å². The zero-order valence-corrected chi connectivity index (χ0v) is 8.29. The smallest absolute Gasteiger partial charge is 0.109 e. The van der Waals surface area contributed by atoms with Gasteiger partial charge in [-0.1, -0.05) is 0 Å². The summed E-state index contributed by atoms with van der Waals surface area (Å²) in [4.78, 5) is 4.13. The summed E-state index contributed by atoms with van der Waals surface area (Å²) in [5, 5.41) is 23.6. The third-order valence-corrected chi connectivity index (χ3v) is 2.65. The maximum atomic E-state index is 9.07. The molecule has 0 saturated heterocycles. The fourth-order valence-electron chi connectivity index (χ4n) is 0.913. The van der Waals surface area contributed by atoms with Crippen molar-refractivity contribution in [3.8, 4) is 0 Å². The lowest BCUT2D eigenvalue weighted by Crippen LogP contribution is -2.31. The lowest BCUT2D eigenvalue weighted by Gasteiger charge is -2.13. The van der Waals surface area contributed by atoms with Crippen LogP contribution in [-0.2, 0) is 0 Å². The Kier molecular flexibility index (Phi) is 4.31. The van der Waals surface area contributed by atoms with Crippen LogP contribution in [-0.4, -0.2) is 34.5 Å². The number of aliphatic hydroxyl groups is 2. The normalized spacial score (nSPS) is 15.6. The number of aromatic nitrogens is 1. The first-order valence-corrected chi connectivity index (χ1v) is 5.03. The molecule has 4 nitrogen and oxygen atoms in total. The first-order valence-electron chi connectivity index (χ1n) is 4.15. The highest BCUT2D eigenvalue weighted by atomic mass is 32.1. The van der Waals surface area contributed by atoms with E-state index in [0.717, 1.165) is 5.01 Å². The van der Waals surface area contributed by atoms with E-state index in [-0.39, 0.29) is 12.6 Å². The monoisotopic (exact) mass is 202 g/mol. The largest absolute Gasteiger partial charge is 0.394 e. The summed E-state index contributed by atoms with van der Waals surface area (Å²) in [6, 6.07) is 0.126. The van der Waals surface area contributed by atoms with Crippen LogP contribution in [0.15, 0.2) is 11.6 Å². The lowest BCUT2D eigenvalue weighted by atomic mass is 10.3. The minimum absolute atomic E-state index is 0.126. The highest BCUT2D eigenvalue weighted by Crippen LogP contribution is 2.14. The highest BCUT2D eigenvalue weighted by molar-refractivity contribution is 7.09. The fourth-order valence-corrected chi connectivity index (χ4v) is 1.58. The van der Waals surface area contributed by atoms with Gasteiger partial charge >= 0.3 is 0 Å². The number of hydrogen-bond donors (Lipinski definition) is 3. The Balaban J connectivity index is 2.30. The van der Waals surface area contributed by atoms with E-state index in [1.165, 1.54) is 0 Å². The van der Waals surface area contributed by atoms with Crippen molar-refractivity contribution in [3.63, 3.8) is 0 Å². The summed E-state index contributed by atoms with van der Waals surface area (Å²) in [6.45, 7) is 2.15. The van der Waals surface area contributed by atoms with Crippen LogP contribution >= 0.6 is 11.3 Å². The van der Waals surface area contributed by atoms with E-state index in [1.807, 2.05) is 12.3 Å². The Morgan fingerprint density at radius 1 is 1.69 bits per heavy atom. The molecule has 2 atom stereocenters. The van der Waals surface area contributed by atoms with Gasteiger partial charge in [-0.05, 0) is 6.92 Å². The molecule has 5 heteroatoms. The number of hydrogen-bond acceptors (Lipinski definition) is 5. The van der Waals surface area contributed by atoms with Gasteiger partial charge in [0.2, 0.25) is 0 Å². The van der Waals surface area contributed by atoms with E-state index in [1.54, 1.807) is 17.5 Å². The Morgan fingerprint density at radius 2 is 2.46 bits per heavy atom. The second kappa shape index (κ2) is 5.29. The molecule has 0 fully saturated rings. The van der Waals surface area contributed by atoms with Gasteiger partial charge in [0.1, 0.15) is 5.01 Å². The summed E-state index contributed by atoms with van der Waals surface area (Å²) in [5.74, 6) is 0. The van der Waals surface area contributed by atoms with Crippen molar-refractivity contribution in [2.24, 2.45) is 0 Å². The molecule has 3 N–H and O–H groups in total. The number of nitrogens with one attached hydrogen (secondary N) is 1. The second-order valence-electron chi connectivity index (χ2n) is 2.84. The first kappa shape index (κ1) is 10.6. The zero-order chi connectivity index (χ0) is 9.68. The summed E-state index contributed by atoms with van der Waals surface area (Å²) in [6.07, 6.45) is 1.06. The predicted octanol–water partition coefficient (Wildman–Crippen LogP) is 0.147. The molecule has 0 aliphatic heterocycles. The molecule has 0 aromatic carbocycles. The number of nitrogens with zero attached hydrogens (tertiary/aromatic N) is 1. The summed E-state index contributed by atoms with van der Waals surface area (Å²) in [7, 11) is 0. The molecule has 1 heterocycles. The van der Waals surface area contributed by atoms with Crippen molar-refractivity contribution in [2.75, 3.05) is 13.2 Å². The van der Waals surface area contributed by atoms with Gasteiger partial charge in [0, 0.05) is 18.1 Å². The maximum absolute atomic E-state index is 9.07. The van der Waals surface area contributed by atoms with Crippen molar-refractivity contribution in [1.82, 2.24) is 10.3 Å². The minimum atomic E-state index is -0.692. The van der Waals surface area contributed by atoms with Gasteiger partial charge in [0.25, 0.3) is 0 Å². The van der Waals surface area contributed by atoms with Crippen molar-refractivity contribution in [3.05, 3.63) is 16.6 Å². The van der Waals surface area contributed by atoms with Gasteiger partial charge in [-0.15, -0.1) is 11.3 Å². The molecule has 0 radical (unpaired) electrons. The van der Waals surface area contributed by atoms with Crippen LogP contribution in [0.3, 0.4) is 0 Å². The summed E-state index contributed by atoms with van der Waals surface area (Å²) in [5.41, 5.74) is 0. The third-order valence-electron chi connectivity index (χ3n) is 1.69. The van der Waals surface area contributed by atoms with Crippen molar-refractivity contribution in [1.29, 1.82) is 0 Å². The van der Waals surface area contributed by atoms with Crippen LogP contribution in [0, 0.1) is 0 Å². The predicted molar refractivity (Wildman–Crippen MR) is 51.6 cm³/mol. The van der Waals surface area contributed by atoms with Crippen LogP contribution in [0.25, 0.3) is 0 Å². The van der Waals surface area contributed by atoms with Crippen LogP contribution in [0.2, 0.25) is 0 Å². The van der Waals surface area contributed by atoms with E-state index in [0.29, 0.717) is 6.54 Å². The molecule has 0 bridgehead atoms. The zero-order valence-electron chi connectivity index (χ0n) is 7.47. The molecule has 1 rings (SSSR count). The summed E-state index contributed by atoms with van der Waals surface area (Å²) >= 11 is 1.57. The van der Waals surface area contributed by atoms with Gasteiger partial charge in [0.05, 0.1) is 18.8 Å². The van der Waals surface area contributed by atoms with Gasteiger partial charge < -0.3 is 15.5 Å². The molecule has 0 aliphatic carbocycles. The quantitative estimate of drug-likeness (QED) is 0.636. The van der Waals surface area contributed by atoms with E-state index in [4.69, 9.17) is 10.2 Å². The molecule has 1 aromatic heterocycles. The maximum Gasteiger partial charge on any atom is 0.109 e. The molecule has 0 spiro atoms. The van der Waals surface area contributed by atoms with Gasteiger partial charge in [0.15, 0.2) is 0 Å². The van der Waals surface area contributed by atoms with Crippen LogP contribution in [0.5, 0.6) is 0 Å². The van der Waals surface area contributed by atoms with Crippen molar-refractivity contribution >= 4 is 11.3 Å².